The van der Waals surface area contributed by atoms with Gasteiger partial charge in [0.05, 0.1) is 30.8 Å². The van der Waals surface area contributed by atoms with Gasteiger partial charge in [-0.2, -0.15) is 0 Å². The number of halogens is 1. The van der Waals surface area contributed by atoms with E-state index in [9.17, 15) is 4.79 Å². The molecule has 0 aliphatic carbocycles. The highest BCUT2D eigenvalue weighted by molar-refractivity contribution is 9.09. The van der Waals surface area contributed by atoms with E-state index in [-0.39, 0.29) is 30.1 Å². The Balaban J connectivity index is 1.94. The minimum Gasteiger partial charge on any atom is -0.378 e. The number of hydrogen-bond donors (Lipinski definition) is 0. The monoisotopic (exact) mass is 305 g/mol. The minimum atomic E-state index is 0.0475. The van der Waals surface area contributed by atoms with Crippen LogP contribution < -0.4 is 0 Å². The van der Waals surface area contributed by atoms with Crippen LogP contribution in [0.1, 0.15) is 20.3 Å². The minimum absolute atomic E-state index is 0.0475. The first-order chi connectivity index (χ1) is 8.10. The second-order valence-corrected chi connectivity index (χ2v) is 5.69. The normalized spacial score (nSPS) is 38.4. The number of hydrogen-bond acceptors (Lipinski definition) is 3. The molecule has 17 heavy (non-hydrogen) atoms. The molecule has 0 saturated carbocycles. The van der Waals surface area contributed by atoms with Crippen molar-refractivity contribution in [1.82, 2.24) is 4.90 Å². The third-order valence-electron chi connectivity index (χ3n) is 3.36. The van der Waals surface area contributed by atoms with Crippen LogP contribution in [0.2, 0.25) is 0 Å². The van der Waals surface area contributed by atoms with Crippen molar-refractivity contribution >= 4 is 21.8 Å². The molecule has 2 saturated heterocycles. The first-order valence-electron chi connectivity index (χ1n) is 6.22. The Kier molecular flexibility index (Phi) is 4.44. The summed E-state index contributed by atoms with van der Waals surface area (Å²) in [7, 11) is 0. The van der Waals surface area contributed by atoms with Gasteiger partial charge in [0, 0.05) is 18.4 Å². The molecule has 2 heterocycles. The van der Waals surface area contributed by atoms with Gasteiger partial charge in [-0.15, -0.1) is 0 Å². The second kappa shape index (κ2) is 5.67. The smallest absolute Gasteiger partial charge is 0.228 e. The number of carbonyl (C=O) groups excluding carboxylic acids is 1. The largest absolute Gasteiger partial charge is 0.378 e. The van der Waals surface area contributed by atoms with Crippen LogP contribution in [0.5, 0.6) is 0 Å². The predicted octanol–water partition coefficient (Wildman–Crippen LogP) is 1.42. The van der Waals surface area contributed by atoms with E-state index in [1.165, 1.54) is 0 Å². The highest BCUT2D eigenvalue weighted by Gasteiger charge is 2.35. The molecule has 2 rings (SSSR count). The van der Waals surface area contributed by atoms with Gasteiger partial charge in [0.2, 0.25) is 5.91 Å². The van der Waals surface area contributed by atoms with E-state index in [0.717, 1.165) is 11.8 Å². The fourth-order valence-electron chi connectivity index (χ4n) is 2.56. The Bertz CT molecular complexity index is 287. The van der Waals surface area contributed by atoms with Crippen molar-refractivity contribution in [3.63, 3.8) is 0 Å². The van der Waals surface area contributed by atoms with Crippen molar-refractivity contribution in [3.8, 4) is 0 Å². The Morgan fingerprint density at radius 3 is 2.71 bits per heavy atom. The van der Waals surface area contributed by atoms with E-state index in [0.29, 0.717) is 19.7 Å². The zero-order valence-electron chi connectivity index (χ0n) is 10.4. The maximum absolute atomic E-state index is 12.3. The summed E-state index contributed by atoms with van der Waals surface area (Å²) in [5.74, 6) is 0.279. The Labute approximate surface area is 111 Å². The molecular weight excluding hydrogens is 286 g/mol. The van der Waals surface area contributed by atoms with E-state index in [2.05, 4.69) is 15.9 Å². The van der Waals surface area contributed by atoms with Gasteiger partial charge >= 0.3 is 0 Å². The van der Waals surface area contributed by atoms with Crippen molar-refractivity contribution in [2.75, 3.05) is 25.0 Å². The summed E-state index contributed by atoms with van der Waals surface area (Å²) in [6, 6.07) is 0. The predicted molar refractivity (Wildman–Crippen MR) is 68.2 cm³/mol. The quantitative estimate of drug-likeness (QED) is 0.724. The van der Waals surface area contributed by atoms with E-state index in [4.69, 9.17) is 9.47 Å². The van der Waals surface area contributed by atoms with E-state index >= 15 is 0 Å². The molecule has 2 aliphatic rings. The molecule has 0 bridgehead atoms. The third-order valence-corrected chi connectivity index (χ3v) is 4.08. The van der Waals surface area contributed by atoms with Crippen molar-refractivity contribution in [2.24, 2.45) is 5.92 Å². The number of morpholine rings is 1. The number of ether oxygens (including phenoxy) is 2. The summed E-state index contributed by atoms with van der Waals surface area (Å²) in [6.45, 7) is 6.01. The zero-order chi connectivity index (χ0) is 12.4. The summed E-state index contributed by atoms with van der Waals surface area (Å²) in [4.78, 5) is 14.3. The zero-order valence-corrected chi connectivity index (χ0v) is 12.0. The molecule has 4 unspecified atom stereocenters. The first-order valence-corrected chi connectivity index (χ1v) is 7.34. The highest BCUT2D eigenvalue weighted by atomic mass is 79.9. The fourth-order valence-corrected chi connectivity index (χ4v) is 2.92. The fraction of sp³-hybridized carbons (Fsp3) is 0.917. The van der Waals surface area contributed by atoms with Crippen LogP contribution in [0.3, 0.4) is 0 Å². The Morgan fingerprint density at radius 2 is 2.12 bits per heavy atom. The van der Waals surface area contributed by atoms with Gasteiger partial charge in [0.15, 0.2) is 0 Å². The number of alkyl halides is 1. The van der Waals surface area contributed by atoms with Crippen molar-refractivity contribution in [1.29, 1.82) is 0 Å². The van der Waals surface area contributed by atoms with Crippen molar-refractivity contribution in [2.45, 2.75) is 38.6 Å². The van der Waals surface area contributed by atoms with Gasteiger partial charge in [0.1, 0.15) is 0 Å². The molecule has 1 amide bonds. The molecule has 5 heteroatoms. The number of nitrogens with zero attached hydrogens (tertiary/aromatic N) is 1. The second-order valence-electron chi connectivity index (χ2n) is 5.04. The first kappa shape index (κ1) is 13.3. The third kappa shape index (κ3) is 3.20. The van der Waals surface area contributed by atoms with E-state index in [1.807, 2.05) is 18.7 Å². The Hall–Kier alpha value is -0.130. The van der Waals surface area contributed by atoms with E-state index in [1.54, 1.807) is 0 Å². The molecule has 0 N–H and O–H groups in total. The SMILES string of the molecule is CC1CC(C(=O)N2CC(C)OC(CBr)C2)CO1. The maximum Gasteiger partial charge on any atom is 0.228 e. The summed E-state index contributed by atoms with van der Waals surface area (Å²) >= 11 is 3.42. The van der Waals surface area contributed by atoms with Crippen LogP contribution in [-0.4, -0.2) is 54.1 Å². The van der Waals surface area contributed by atoms with Gasteiger partial charge in [-0.25, -0.2) is 0 Å². The summed E-state index contributed by atoms with van der Waals surface area (Å²) in [5.41, 5.74) is 0. The lowest BCUT2D eigenvalue weighted by Gasteiger charge is -2.37. The van der Waals surface area contributed by atoms with Gasteiger partial charge in [-0.1, -0.05) is 15.9 Å². The van der Waals surface area contributed by atoms with Crippen LogP contribution in [-0.2, 0) is 14.3 Å². The molecular formula is C12H20BrNO3. The van der Waals surface area contributed by atoms with Gasteiger partial charge in [-0.05, 0) is 20.3 Å². The lowest BCUT2D eigenvalue weighted by molar-refractivity contribution is -0.147. The highest BCUT2D eigenvalue weighted by Crippen LogP contribution is 2.23. The van der Waals surface area contributed by atoms with Crippen LogP contribution >= 0.6 is 15.9 Å². The van der Waals surface area contributed by atoms with Gasteiger partial charge in [0.25, 0.3) is 0 Å². The van der Waals surface area contributed by atoms with Gasteiger partial charge in [-0.3, -0.25) is 4.79 Å². The van der Waals surface area contributed by atoms with E-state index < -0.39 is 0 Å². The topological polar surface area (TPSA) is 38.8 Å². The molecule has 0 aromatic carbocycles. The van der Waals surface area contributed by atoms with Crippen molar-refractivity contribution < 1.29 is 14.3 Å². The molecule has 2 fully saturated rings. The average Bonchev–Trinajstić information content (AvgIpc) is 2.74. The molecule has 4 nitrogen and oxygen atoms in total. The molecule has 0 spiro atoms. The lowest BCUT2D eigenvalue weighted by Crippen LogP contribution is -2.51. The average molecular weight is 306 g/mol. The molecule has 0 aromatic heterocycles. The van der Waals surface area contributed by atoms with Gasteiger partial charge < -0.3 is 14.4 Å². The summed E-state index contributed by atoms with van der Waals surface area (Å²) < 4.78 is 11.2. The molecule has 0 aromatic rings. The lowest BCUT2D eigenvalue weighted by atomic mass is 10.0. The summed E-state index contributed by atoms with van der Waals surface area (Å²) in [5, 5.41) is 0.776. The number of carbonyl (C=O) groups is 1. The number of rotatable bonds is 2. The standard InChI is InChI=1S/C12H20BrNO3/c1-8-3-10(7-16-8)12(15)14-5-9(2)17-11(4-13)6-14/h8-11H,3-7H2,1-2H3. The summed E-state index contributed by atoms with van der Waals surface area (Å²) in [6.07, 6.45) is 1.30. The molecule has 4 atom stereocenters. The van der Waals surface area contributed by atoms with Crippen LogP contribution in [0.15, 0.2) is 0 Å². The Morgan fingerprint density at radius 1 is 1.35 bits per heavy atom. The molecule has 98 valence electrons. The maximum atomic E-state index is 12.3. The molecule has 2 aliphatic heterocycles. The van der Waals surface area contributed by atoms with Crippen LogP contribution in [0.4, 0.5) is 0 Å². The van der Waals surface area contributed by atoms with Crippen LogP contribution in [0.25, 0.3) is 0 Å². The van der Waals surface area contributed by atoms with Crippen molar-refractivity contribution in [3.05, 3.63) is 0 Å². The van der Waals surface area contributed by atoms with Crippen LogP contribution in [0, 0.1) is 5.92 Å². The molecule has 0 radical (unpaired) electrons. The number of amides is 1.